The van der Waals surface area contributed by atoms with Gasteiger partial charge < -0.3 is 4.74 Å². The van der Waals surface area contributed by atoms with Crippen molar-refractivity contribution in [1.82, 2.24) is 4.31 Å². The lowest BCUT2D eigenvalue weighted by Crippen LogP contribution is -2.42. The number of piperidine rings is 1. The molecule has 1 aliphatic rings. The van der Waals surface area contributed by atoms with Crippen molar-refractivity contribution in [2.45, 2.75) is 38.5 Å². The first-order valence-electron chi connectivity index (χ1n) is 7.60. The van der Waals surface area contributed by atoms with Gasteiger partial charge in [0.15, 0.2) is 0 Å². The molecule has 1 saturated heterocycles. The molecule has 0 aliphatic carbocycles. The van der Waals surface area contributed by atoms with E-state index < -0.39 is 10.0 Å². The minimum Gasteiger partial charge on any atom is -0.466 e. The molecule has 0 bridgehead atoms. The monoisotopic (exact) mass is 325 g/mol. The predicted molar refractivity (Wildman–Crippen MR) is 84.0 cm³/mol. The fourth-order valence-electron chi connectivity index (χ4n) is 2.74. The highest BCUT2D eigenvalue weighted by molar-refractivity contribution is 7.89. The van der Waals surface area contributed by atoms with Crippen molar-refractivity contribution in [3.63, 3.8) is 0 Å². The number of hydrogen-bond acceptors (Lipinski definition) is 4. The quantitative estimate of drug-likeness (QED) is 0.797. The van der Waals surface area contributed by atoms with Crippen LogP contribution in [0.4, 0.5) is 0 Å². The van der Waals surface area contributed by atoms with Crippen molar-refractivity contribution in [1.29, 1.82) is 0 Å². The summed E-state index contributed by atoms with van der Waals surface area (Å²) in [5.41, 5.74) is 1.63. The minimum absolute atomic E-state index is 0.203. The Morgan fingerprint density at radius 3 is 2.77 bits per heavy atom. The molecule has 0 saturated carbocycles. The number of nitrogens with zero attached hydrogens (tertiary/aromatic N) is 1. The maximum Gasteiger partial charge on any atom is 0.310 e. The first-order chi connectivity index (χ1) is 10.4. The van der Waals surface area contributed by atoms with Gasteiger partial charge in [-0.3, -0.25) is 4.79 Å². The van der Waals surface area contributed by atoms with E-state index in [-0.39, 0.29) is 18.4 Å². The maximum absolute atomic E-state index is 12.9. The van der Waals surface area contributed by atoms with Crippen LogP contribution in [0.5, 0.6) is 0 Å². The van der Waals surface area contributed by atoms with Gasteiger partial charge in [-0.1, -0.05) is 12.1 Å². The van der Waals surface area contributed by atoms with Gasteiger partial charge in [0.2, 0.25) is 10.0 Å². The van der Waals surface area contributed by atoms with Crippen LogP contribution in [-0.2, 0) is 19.6 Å². The Kier molecular flexibility index (Phi) is 5.24. The van der Waals surface area contributed by atoms with Gasteiger partial charge in [-0.15, -0.1) is 0 Å². The van der Waals surface area contributed by atoms with Crippen molar-refractivity contribution in [2.75, 3.05) is 19.7 Å². The highest BCUT2D eigenvalue weighted by atomic mass is 32.2. The Bertz CT molecular complexity index is 654. The van der Waals surface area contributed by atoms with Gasteiger partial charge in [0.1, 0.15) is 0 Å². The molecule has 1 aromatic rings. The van der Waals surface area contributed by atoms with Gasteiger partial charge in [0, 0.05) is 13.1 Å². The van der Waals surface area contributed by atoms with Crippen LogP contribution in [0.1, 0.15) is 30.9 Å². The second-order valence-electron chi connectivity index (χ2n) is 5.72. The van der Waals surface area contributed by atoms with Crippen LogP contribution in [0.3, 0.4) is 0 Å². The highest BCUT2D eigenvalue weighted by Gasteiger charge is 2.34. The molecule has 2 rings (SSSR count). The number of rotatable bonds is 4. The lowest BCUT2D eigenvalue weighted by Gasteiger charge is -2.31. The van der Waals surface area contributed by atoms with Crippen LogP contribution in [0.15, 0.2) is 23.1 Å². The first kappa shape index (κ1) is 17.0. The summed E-state index contributed by atoms with van der Waals surface area (Å²) < 4.78 is 32.2. The number of carbonyl (C=O) groups is 1. The molecule has 1 atom stereocenters. The smallest absolute Gasteiger partial charge is 0.310 e. The van der Waals surface area contributed by atoms with Gasteiger partial charge in [-0.2, -0.15) is 4.31 Å². The first-order valence-corrected chi connectivity index (χ1v) is 9.04. The van der Waals surface area contributed by atoms with E-state index in [0.29, 0.717) is 30.9 Å². The topological polar surface area (TPSA) is 63.7 Å². The Hall–Kier alpha value is -1.40. The average Bonchev–Trinajstić information content (AvgIpc) is 2.50. The number of aryl methyl sites for hydroxylation is 2. The van der Waals surface area contributed by atoms with Gasteiger partial charge in [0.05, 0.1) is 17.4 Å². The second kappa shape index (κ2) is 6.79. The third-order valence-corrected chi connectivity index (χ3v) is 5.97. The molecule has 5 nitrogen and oxygen atoms in total. The number of sulfonamides is 1. The van der Waals surface area contributed by atoms with E-state index >= 15 is 0 Å². The summed E-state index contributed by atoms with van der Waals surface area (Å²) in [6, 6.07) is 5.40. The Balaban J connectivity index is 2.25. The van der Waals surface area contributed by atoms with Crippen LogP contribution in [0, 0.1) is 19.8 Å². The summed E-state index contributed by atoms with van der Waals surface area (Å²) in [6.07, 6.45) is 1.35. The molecule has 1 unspecified atom stereocenters. The summed E-state index contributed by atoms with van der Waals surface area (Å²) in [4.78, 5) is 12.2. The van der Waals surface area contributed by atoms with Crippen molar-refractivity contribution in [3.8, 4) is 0 Å². The Morgan fingerprint density at radius 2 is 2.09 bits per heavy atom. The summed E-state index contributed by atoms with van der Waals surface area (Å²) in [5.74, 6) is -0.669. The molecule has 122 valence electrons. The molecule has 0 N–H and O–H groups in total. The second-order valence-corrected chi connectivity index (χ2v) is 7.63. The molecule has 0 amide bonds. The SMILES string of the molecule is CCOC(=O)C1CCCN(S(=O)(=O)c2cc(C)ccc2C)C1. The van der Waals surface area contributed by atoms with Crippen LogP contribution in [-0.4, -0.2) is 38.4 Å². The average molecular weight is 325 g/mol. The molecule has 1 heterocycles. The molecule has 1 aliphatic heterocycles. The van der Waals surface area contributed by atoms with E-state index in [9.17, 15) is 13.2 Å². The third-order valence-electron chi connectivity index (χ3n) is 3.97. The number of carbonyl (C=O) groups excluding carboxylic acids is 1. The van der Waals surface area contributed by atoms with Crippen molar-refractivity contribution in [3.05, 3.63) is 29.3 Å². The van der Waals surface area contributed by atoms with Gasteiger partial charge >= 0.3 is 5.97 Å². The Labute approximate surface area is 132 Å². The zero-order valence-electron chi connectivity index (χ0n) is 13.3. The van der Waals surface area contributed by atoms with Crippen LogP contribution in [0.2, 0.25) is 0 Å². The molecular formula is C16H23NO4S. The fraction of sp³-hybridized carbons (Fsp3) is 0.562. The summed E-state index contributed by atoms with van der Waals surface area (Å²) in [6.45, 7) is 6.39. The lowest BCUT2D eigenvalue weighted by molar-refractivity contribution is -0.149. The minimum atomic E-state index is -3.57. The molecule has 1 aromatic carbocycles. The van der Waals surface area contributed by atoms with E-state index in [1.807, 2.05) is 19.1 Å². The van der Waals surface area contributed by atoms with Gasteiger partial charge in [-0.05, 0) is 50.8 Å². The number of hydrogen-bond donors (Lipinski definition) is 0. The highest BCUT2D eigenvalue weighted by Crippen LogP contribution is 2.26. The van der Waals surface area contributed by atoms with Crippen molar-refractivity contribution in [2.24, 2.45) is 5.92 Å². The summed E-state index contributed by atoms with van der Waals surface area (Å²) in [5, 5.41) is 0. The third kappa shape index (κ3) is 3.50. The standard InChI is InChI=1S/C16H23NO4S/c1-4-21-16(18)14-6-5-9-17(11-14)22(19,20)15-10-12(2)7-8-13(15)3/h7-8,10,14H,4-6,9,11H2,1-3H3. The van der Waals surface area contributed by atoms with E-state index in [1.165, 1.54) is 4.31 Å². The zero-order valence-corrected chi connectivity index (χ0v) is 14.1. The van der Waals surface area contributed by atoms with Gasteiger partial charge in [0.25, 0.3) is 0 Å². The molecule has 0 radical (unpaired) electrons. The number of benzene rings is 1. The molecule has 0 aromatic heterocycles. The van der Waals surface area contributed by atoms with E-state index in [0.717, 1.165) is 11.1 Å². The van der Waals surface area contributed by atoms with Crippen LogP contribution < -0.4 is 0 Å². The molecule has 1 fully saturated rings. The number of ether oxygens (including phenoxy) is 1. The van der Waals surface area contributed by atoms with E-state index in [4.69, 9.17) is 4.74 Å². The lowest BCUT2D eigenvalue weighted by atomic mass is 10.0. The summed E-state index contributed by atoms with van der Waals surface area (Å²) >= 11 is 0. The molecule has 6 heteroatoms. The maximum atomic E-state index is 12.9. The predicted octanol–water partition coefficient (Wildman–Crippen LogP) is 2.27. The molecule has 22 heavy (non-hydrogen) atoms. The van der Waals surface area contributed by atoms with Gasteiger partial charge in [-0.25, -0.2) is 8.42 Å². The Morgan fingerprint density at radius 1 is 1.36 bits per heavy atom. The van der Waals surface area contributed by atoms with Crippen molar-refractivity contribution < 1.29 is 17.9 Å². The normalized spacial score (nSPS) is 19.9. The molecular weight excluding hydrogens is 302 g/mol. The van der Waals surface area contributed by atoms with E-state index in [1.54, 1.807) is 19.9 Å². The van der Waals surface area contributed by atoms with Crippen LogP contribution in [0.25, 0.3) is 0 Å². The zero-order chi connectivity index (χ0) is 16.3. The van der Waals surface area contributed by atoms with Crippen molar-refractivity contribution >= 4 is 16.0 Å². The summed E-state index contributed by atoms with van der Waals surface area (Å²) in [7, 11) is -3.57. The fourth-order valence-corrected chi connectivity index (χ4v) is 4.57. The molecule has 0 spiro atoms. The van der Waals surface area contributed by atoms with Crippen LogP contribution >= 0.6 is 0 Å². The number of esters is 1. The van der Waals surface area contributed by atoms with E-state index in [2.05, 4.69) is 0 Å². The largest absolute Gasteiger partial charge is 0.466 e.